The molecule has 1 amide bonds. The molecule has 0 saturated carbocycles. The Hall–Kier alpha value is -1.66. The topological polar surface area (TPSA) is 86.5 Å². The number of anilines is 1. The van der Waals surface area contributed by atoms with Crippen LogP contribution in [0.4, 0.5) is 5.69 Å². The maximum absolute atomic E-state index is 11.8. The van der Waals surface area contributed by atoms with Gasteiger partial charge in [0.1, 0.15) is 6.61 Å². The second-order valence-corrected chi connectivity index (χ2v) is 4.45. The molecule has 0 radical (unpaired) electrons. The molecule has 1 atom stereocenters. The van der Waals surface area contributed by atoms with E-state index in [4.69, 9.17) is 15.2 Å². The number of nitrogens with one attached hydrogen (secondary N) is 1. The summed E-state index contributed by atoms with van der Waals surface area (Å²) in [6.45, 7) is 4.50. The van der Waals surface area contributed by atoms with Crippen LogP contribution in [0.25, 0.3) is 0 Å². The lowest BCUT2D eigenvalue weighted by Gasteiger charge is -2.21. The third kappa shape index (κ3) is 4.84. The number of carbonyl (C=O) groups excluding carboxylic acids is 1. The zero-order chi connectivity index (χ0) is 14.3. The number of aromatic nitrogens is 1. The first-order valence-corrected chi connectivity index (χ1v) is 6.17. The molecule has 1 aromatic rings. The Balaban J connectivity index is 2.55. The van der Waals surface area contributed by atoms with Crippen LogP contribution in [0.5, 0.6) is 5.88 Å². The van der Waals surface area contributed by atoms with E-state index in [0.717, 1.165) is 0 Å². The van der Waals surface area contributed by atoms with Crippen LogP contribution in [0.3, 0.4) is 0 Å². The number of nitrogens with zero attached hydrogens (tertiary/aromatic N) is 1. The van der Waals surface area contributed by atoms with Crippen LogP contribution in [0.2, 0.25) is 0 Å². The first-order valence-electron chi connectivity index (χ1n) is 6.17. The van der Waals surface area contributed by atoms with E-state index in [1.165, 1.54) is 6.20 Å². The fraction of sp³-hybridized carbons (Fsp3) is 0.538. The molecule has 6 nitrogen and oxygen atoms in total. The minimum absolute atomic E-state index is 0.232. The van der Waals surface area contributed by atoms with Gasteiger partial charge in [-0.15, -0.1) is 0 Å². The molecule has 1 rings (SSSR count). The molecule has 1 heterocycles. The third-order valence-corrected chi connectivity index (χ3v) is 2.78. The summed E-state index contributed by atoms with van der Waals surface area (Å²) in [6, 6.07) is 3.41. The van der Waals surface area contributed by atoms with Gasteiger partial charge in [0.25, 0.3) is 0 Å². The van der Waals surface area contributed by atoms with Crippen LogP contribution in [0.15, 0.2) is 18.3 Å². The molecule has 0 saturated heterocycles. The molecule has 3 N–H and O–H groups in total. The Morgan fingerprint density at radius 3 is 2.74 bits per heavy atom. The van der Waals surface area contributed by atoms with Gasteiger partial charge in [0.05, 0.1) is 24.0 Å². The van der Waals surface area contributed by atoms with Gasteiger partial charge in [-0.3, -0.25) is 4.79 Å². The zero-order valence-electron chi connectivity index (χ0n) is 11.6. The van der Waals surface area contributed by atoms with Gasteiger partial charge in [-0.2, -0.15) is 0 Å². The van der Waals surface area contributed by atoms with Gasteiger partial charge in [0.15, 0.2) is 0 Å². The van der Waals surface area contributed by atoms with Gasteiger partial charge < -0.3 is 20.5 Å². The van der Waals surface area contributed by atoms with E-state index in [9.17, 15) is 4.79 Å². The standard InChI is InChI=1S/C13H21N3O3/c1-4-13(2,14)12(17)16-10-5-6-11(15-9-10)19-8-7-18-3/h5-6,9H,4,7-8,14H2,1-3H3,(H,16,17). The normalized spacial score (nSPS) is 13.7. The Labute approximate surface area is 113 Å². The fourth-order valence-corrected chi connectivity index (χ4v) is 1.20. The lowest BCUT2D eigenvalue weighted by molar-refractivity contribution is -0.120. The molecule has 0 spiro atoms. The fourth-order valence-electron chi connectivity index (χ4n) is 1.20. The summed E-state index contributed by atoms with van der Waals surface area (Å²) in [5.41, 5.74) is 5.56. The number of rotatable bonds is 7. The lowest BCUT2D eigenvalue weighted by Crippen LogP contribution is -2.47. The van der Waals surface area contributed by atoms with Gasteiger partial charge in [-0.25, -0.2) is 4.98 Å². The number of amides is 1. The highest BCUT2D eigenvalue weighted by molar-refractivity contribution is 5.97. The molecule has 0 fully saturated rings. The Kier molecular flexibility index (Phi) is 5.72. The first kappa shape index (κ1) is 15.4. The minimum Gasteiger partial charge on any atom is -0.475 e. The Morgan fingerprint density at radius 1 is 1.47 bits per heavy atom. The highest BCUT2D eigenvalue weighted by atomic mass is 16.5. The van der Waals surface area contributed by atoms with Crippen molar-refractivity contribution in [2.45, 2.75) is 25.8 Å². The number of hydrogen-bond acceptors (Lipinski definition) is 5. The summed E-state index contributed by atoms with van der Waals surface area (Å²) >= 11 is 0. The number of nitrogens with two attached hydrogens (primary N) is 1. The minimum atomic E-state index is -0.881. The molecule has 0 aliphatic heterocycles. The first-order chi connectivity index (χ1) is 8.99. The molecule has 106 valence electrons. The molecule has 19 heavy (non-hydrogen) atoms. The molecular weight excluding hydrogens is 246 g/mol. The molecular formula is C13H21N3O3. The van der Waals surface area contributed by atoms with E-state index in [0.29, 0.717) is 31.2 Å². The van der Waals surface area contributed by atoms with Crippen molar-refractivity contribution in [3.8, 4) is 5.88 Å². The summed E-state index contributed by atoms with van der Waals surface area (Å²) in [4.78, 5) is 15.9. The van der Waals surface area contributed by atoms with Gasteiger partial charge >= 0.3 is 0 Å². The molecule has 1 unspecified atom stereocenters. The van der Waals surface area contributed by atoms with Crippen LogP contribution in [0, 0.1) is 0 Å². The van der Waals surface area contributed by atoms with Crippen LogP contribution >= 0.6 is 0 Å². The van der Waals surface area contributed by atoms with Crippen LogP contribution < -0.4 is 15.8 Å². The van der Waals surface area contributed by atoms with Crippen molar-refractivity contribution >= 4 is 11.6 Å². The molecule has 0 aliphatic carbocycles. The van der Waals surface area contributed by atoms with Crippen LogP contribution in [-0.4, -0.2) is 36.8 Å². The van der Waals surface area contributed by atoms with Crippen molar-refractivity contribution in [1.82, 2.24) is 4.98 Å². The van der Waals surface area contributed by atoms with Gasteiger partial charge in [-0.1, -0.05) is 6.92 Å². The second-order valence-electron chi connectivity index (χ2n) is 4.45. The number of ether oxygens (including phenoxy) is 2. The molecule has 0 bridgehead atoms. The maximum Gasteiger partial charge on any atom is 0.244 e. The largest absolute Gasteiger partial charge is 0.475 e. The summed E-state index contributed by atoms with van der Waals surface area (Å²) in [7, 11) is 1.60. The summed E-state index contributed by atoms with van der Waals surface area (Å²) in [6.07, 6.45) is 2.09. The zero-order valence-corrected chi connectivity index (χ0v) is 11.6. The third-order valence-electron chi connectivity index (χ3n) is 2.78. The van der Waals surface area contributed by atoms with Gasteiger partial charge in [0.2, 0.25) is 11.8 Å². The van der Waals surface area contributed by atoms with Crippen LogP contribution in [-0.2, 0) is 9.53 Å². The van der Waals surface area contributed by atoms with Crippen LogP contribution in [0.1, 0.15) is 20.3 Å². The lowest BCUT2D eigenvalue weighted by atomic mass is 9.99. The number of methoxy groups -OCH3 is 1. The highest BCUT2D eigenvalue weighted by Gasteiger charge is 2.25. The van der Waals surface area contributed by atoms with Gasteiger partial charge in [0, 0.05) is 13.2 Å². The summed E-state index contributed by atoms with van der Waals surface area (Å²) in [5.74, 6) is 0.255. The quantitative estimate of drug-likeness (QED) is 0.724. The van der Waals surface area contributed by atoms with Crippen molar-refractivity contribution < 1.29 is 14.3 Å². The van der Waals surface area contributed by atoms with Crippen molar-refractivity contribution in [1.29, 1.82) is 0 Å². The SMILES string of the molecule is CCC(C)(N)C(=O)Nc1ccc(OCCOC)nc1. The van der Waals surface area contributed by atoms with Crippen molar-refractivity contribution in [3.63, 3.8) is 0 Å². The monoisotopic (exact) mass is 267 g/mol. The molecule has 0 aliphatic rings. The van der Waals surface area contributed by atoms with E-state index in [2.05, 4.69) is 10.3 Å². The predicted molar refractivity (Wildman–Crippen MR) is 73.1 cm³/mol. The average Bonchev–Trinajstić information content (AvgIpc) is 2.41. The van der Waals surface area contributed by atoms with Crippen molar-refractivity contribution in [2.24, 2.45) is 5.73 Å². The Bertz CT molecular complexity index is 404. The van der Waals surface area contributed by atoms with E-state index in [1.807, 2.05) is 6.92 Å². The predicted octanol–water partition coefficient (Wildman–Crippen LogP) is 1.17. The van der Waals surface area contributed by atoms with E-state index in [1.54, 1.807) is 26.2 Å². The summed E-state index contributed by atoms with van der Waals surface area (Å²) < 4.78 is 10.2. The molecule has 0 aromatic carbocycles. The maximum atomic E-state index is 11.8. The summed E-state index contributed by atoms with van der Waals surface area (Å²) in [5, 5.41) is 2.72. The highest BCUT2D eigenvalue weighted by Crippen LogP contribution is 2.14. The van der Waals surface area contributed by atoms with E-state index in [-0.39, 0.29) is 5.91 Å². The molecule has 6 heteroatoms. The molecule has 1 aromatic heterocycles. The second kappa shape index (κ2) is 7.06. The van der Waals surface area contributed by atoms with E-state index >= 15 is 0 Å². The van der Waals surface area contributed by atoms with Crippen molar-refractivity contribution in [2.75, 3.05) is 25.6 Å². The Morgan fingerprint density at radius 2 is 2.21 bits per heavy atom. The average molecular weight is 267 g/mol. The number of hydrogen-bond donors (Lipinski definition) is 2. The number of carbonyl (C=O) groups is 1. The van der Waals surface area contributed by atoms with Crippen molar-refractivity contribution in [3.05, 3.63) is 18.3 Å². The van der Waals surface area contributed by atoms with Gasteiger partial charge in [-0.05, 0) is 19.4 Å². The van der Waals surface area contributed by atoms with E-state index < -0.39 is 5.54 Å². The smallest absolute Gasteiger partial charge is 0.244 e. The number of pyridine rings is 1.